The normalized spacial score (nSPS) is 16.5. The van der Waals surface area contributed by atoms with E-state index in [1.807, 2.05) is 0 Å². The van der Waals surface area contributed by atoms with Crippen molar-refractivity contribution in [2.75, 3.05) is 13.1 Å². The molecule has 0 saturated carbocycles. The maximum atomic E-state index is 12.8. The molecule has 0 aliphatic carbocycles. The molecule has 142 valence electrons. The maximum Gasteiger partial charge on any atom is 0.243 e. The molecule has 0 spiro atoms. The Morgan fingerprint density at radius 2 is 1.70 bits per heavy atom. The van der Waals surface area contributed by atoms with E-state index in [0.29, 0.717) is 18.4 Å². The Kier molecular flexibility index (Phi) is 5.98. The summed E-state index contributed by atoms with van der Waals surface area (Å²) in [6, 6.07) is 14.0. The summed E-state index contributed by atoms with van der Waals surface area (Å²) in [5.41, 5.74) is 3.14. The van der Waals surface area contributed by atoms with Crippen LogP contribution in [-0.4, -0.2) is 37.9 Å². The minimum Gasteiger partial charge on any atom is -0.273 e. The van der Waals surface area contributed by atoms with Crippen molar-refractivity contribution in [1.29, 1.82) is 0 Å². The fourth-order valence-electron chi connectivity index (χ4n) is 2.91. The molecule has 1 aliphatic heterocycles. The zero-order valence-corrected chi connectivity index (χ0v) is 15.4. The zero-order chi connectivity index (χ0) is 19.3. The van der Waals surface area contributed by atoms with Crippen LogP contribution in [0.25, 0.3) is 0 Å². The molecule has 0 bridgehead atoms. The Morgan fingerprint density at radius 3 is 2.33 bits per heavy atom. The van der Waals surface area contributed by atoms with Crippen molar-refractivity contribution >= 4 is 22.1 Å². The molecule has 6 nitrogen and oxygen atoms in total. The zero-order valence-electron chi connectivity index (χ0n) is 14.6. The van der Waals surface area contributed by atoms with Crippen LogP contribution in [0.5, 0.6) is 0 Å². The standard InChI is InChI=1S/C19H20FN3O3S/c20-17-8-6-15(7-9-17)14-21-22-19(24)16-10-12-23(13-11-16)27(25,26)18-4-2-1-3-5-18/h1-9,14,16H,10-13H2,(H,22,24)/b21-14+. The lowest BCUT2D eigenvalue weighted by Crippen LogP contribution is -2.42. The average Bonchev–Trinajstić information content (AvgIpc) is 2.70. The Hall–Kier alpha value is -2.58. The highest BCUT2D eigenvalue weighted by Crippen LogP contribution is 2.23. The van der Waals surface area contributed by atoms with Gasteiger partial charge in [-0.25, -0.2) is 18.2 Å². The highest BCUT2D eigenvalue weighted by molar-refractivity contribution is 7.89. The van der Waals surface area contributed by atoms with Gasteiger partial charge in [0.15, 0.2) is 0 Å². The SMILES string of the molecule is O=C(N/N=C/c1ccc(F)cc1)C1CCN(S(=O)(=O)c2ccccc2)CC1. The molecule has 0 radical (unpaired) electrons. The predicted octanol–water partition coefficient (Wildman–Crippen LogP) is 2.38. The lowest BCUT2D eigenvalue weighted by molar-refractivity contribution is -0.126. The van der Waals surface area contributed by atoms with Crippen LogP contribution >= 0.6 is 0 Å². The monoisotopic (exact) mass is 389 g/mol. The molecular weight excluding hydrogens is 369 g/mol. The molecule has 1 saturated heterocycles. The summed E-state index contributed by atoms with van der Waals surface area (Å²) in [7, 11) is -3.53. The third kappa shape index (κ3) is 4.78. The van der Waals surface area contributed by atoms with Crippen LogP contribution in [0.3, 0.4) is 0 Å². The van der Waals surface area contributed by atoms with Crippen molar-refractivity contribution in [1.82, 2.24) is 9.73 Å². The van der Waals surface area contributed by atoms with Crippen molar-refractivity contribution in [3.8, 4) is 0 Å². The molecule has 2 aromatic rings. The van der Waals surface area contributed by atoms with Crippen LogP contribution in [0.1, 0.15) is 18.4 Å². The van der Waals surface area contributed by atoms with E-state index in [1.165, 1.54) is 22.7 Å². The van der Waals surface area contributed by atoms with Crippen molar-refractivity contribution in [2.24, 2.45) is 11.0 Å². The number of sulfonamides is 1. The van der Waals surface area contributed by atoms with Crippen molar-refractivity contribution < 1.29 is 17.6 Å². The second-order valence-corrected chi connectivity index (χ2v) is 8.22. The molecule has 1 fully saturated rings. The summed E-state index contributed by atoms with van der Waals surface area (Å²) in [5.74, 6) is -0.879. The van der Waals surface area contributed by atoms with E-state index in [4.69, 9.17) is 0 Å². The number of halogens is 1. The quantitative estimate of drug-likeness (QED) is 0.630. The molecule has 1 amide bonds. The highest BCUT2D eigenvalue weighted by atomic mass is 32.2. The van der Waals surface area contributed by atoms with E-state index in [2.05, 4.69) is 10.5 Å². The molecule has 0 unspecified atom stereocenters. The molecule has 8 heteroatoms. The van der Waals surface area contributed by atoms with E-state index in [9.17, 15) is 17.6 Å². The van der Waals surface area contributed by atoms with Crippen molar-refractivity contribution in [2.45, 2.75) is 17.7 Å². The average molecular weight is 389 g/mol. The number of hydrogen-bond donors (Lipinski definition) is 1. The van der Waals surface area contributed by atoms with Gasteiger partial charge in [0, 0.05) is 19.0 Å². The number of nitrogens with one attached hydrogen (secondary N) is 1. The van der Waals surface area contributed by atoms with Crippen LogP contribution in [0.4, 0.5) is 4.39 Å². The van der Waals surface area contributed by atoms with E-state index < -0.39 is 10.0 Å². The van der Waals surface area contributed by atoms with E-state index in [1.54, 1.807) is 42.5 Å². The first-order valence-electron chi connectivity index (χ1n) is 8.60. The minimum absolute atomic E-state index is 0.245. The number of rotatable bonds is 5. The Balaban J connectivity index is 1.53. The molecule has 0 atom stereocenters. The Morgan fingerprint density at radius 1 is 1.07 bits per heavy atom. The second-order valence-electron chi connectivity index (χ2n) is 6.28. The first kappa shape index (κ1) is 19.2. The second kappa shape index (κ2) is 8.41. The van der Waals surface area contributed by atoms with Gasteiger partial charge < -0.3 is 0 Å². The van der Waals surface area contributed by atoms with Gasteiger partial charge in [-0.15, -0.1) is 0 Å². The highest BCUT2D eigenvalue weighted by Gasteiger charge is 2.31. The summed E-state index contributed by atoms with van der Waals surface area (Å²) in [4.78, 5) is 12.5. The van der Waals surface area contributed by atoms with E-state index in [-0.39, 0.29) is 35.6 Å². The van der Waals surface area contributed by atoms with Crippen LogP contribution < -0.4 is 5.43 Å². The first-order valence-corrected chi connectivity index (χ1v) is 10.0. The van der Waals surface area contributed by atoms with Crippen LogP contribution in [0.15, 0.2) is 64.6 Å². The minimum atomic E-state index is -3.53. The number of nitrogens with zero attached hydrogens (tertiary/aromatic N) is 2. The van der Waals surface area contributed by atoms with Gasteiger partial charge in [-0.1, -0.05) is 30.3 Å². The van der Waals surface area contributed by atoms with Gasteiger partial charge in [0.05, 0.1) is 11.1 Å². The summed E-state index contributed by atoms with van der Waals surface area (Å²) < 4.78 is 39.4. The number of carbonyl (C=O) groups excluding carboxylic acids is 1. The fraction of sp³-hybridized carbons (Fsp3) is 0.263. The van der Waals surface area contributed by atoms with Crippen molar-refractivity contribution in [3.63, 3.8) is 0 Å². The van der Waals surface area contributed by atoms with E-state index >= 15 is 0 Å². The van der Waals surface area contributed by atoms with Gasteiger partial charge >= 0.3 is 0 Å². The number of hydrazone groups is 1. The predicted molar refractivity (Wildman–Crippen MR) is 100 cm³/mol. The lowest BCUT2D eigenvalue weighted by Gasteiger charge is -2.30. The Labute approximate surface area is 157 Å². The number of benzene rings is 2. The number of piperidine rings is 1. The molecule has 3 rings (SSSR count). The molecule has 1 aliphatic rings. The molecule has 27 heavy (non-hydrogen) atoms. The van der Waals surface area contributed by atoms with Gasteiger partial charge in [0.25, 0.3) is 0 Å². The third-order valence-electron chi connectivity index (χ3n) is 4.46. The van der Waals surface area contributed by atoms with Gasteiger partial charge in [-0.05, 0) is 42.7 Å². The van der Waals surface area contributed by atoms with Gasteiger partial charge in [-0.2, -0.15) is 9.41 Å². The lowest BCUT2D eigenvalue weighted by atomic mass is 9.98. The van der Waals surface area contributed by atoms with Gasteiger partial charge in [0.1, 0.15) is 5.82 Å². The Bertz CT molecular complexity index is 907. The number of hydrogen-bond acceptors (Lipinski definition) is 4. The molecule has 1 heterocycles. The summed E-state index contributed by atoms with van der Waals surface area (Å²) >= 11 is 0. The first-order chi connectivity index (χ1) is 13.0. The fourth-order valence-corrected chi connectivity index (χ4v) is 4.40. The van der Waals surface area contributed by atoms with Crippen LogP contribution in [0, 0.1) is 11.7 Å². The van der Waals surface area contributed by atoms with Crippen LogP contribution in [-0.2, 0) is 14.8 Å². The third-order valence-corrected chi connectivity index (χ3v) is 6.38. The number of carbonyl (C=O) groups is 1. The summed E-state index contributed by atoms with van der Waals surface area (Å²) in [5, 5.41) is 3.88. The summed E-state index contributed by atoms with van der Waals surface area (Å²) in [6.45, 7) is 0.577. The summed E-state index contributed by atoms with van der Waals surface area (Å²) in [6.07, 6.45) is 2.31. The van der Waals surface area contributed by atoms with E-state index in [0.717, 1.165) is 0 Å². The number of amides is 1. The van der Waals surface area contributed by atoms with Crippen LogP contribution in [0.2, 0.25) is 0 Å². The maximum absolute atomic E-state index is 12.8. The van der Waals surface area contributed by atoms with Gasteiger partial charge in [-0.3, -0.25) is 4.79 Å². The topological polar surface area (TPSA) is 78.8 Å². The molecule has 2 aromatic carbocycles. The molecule has 1 N–H and O–H groups in total. The molecular formula is C19H20FN3O3S. The molecule has 0 aromatic heterocycles. The van der Waals surface area contributed by atoms with Crippen molar-refractivity contribution in [3.05, 3.63) is 66.0 Å². The largest absolute Gasteiger partial charge is 0.273 e. The smallest absolute Gasteiger partial charge is 0.243 e. The van der Waals surface area contributed by atoms with Gasteiger partial charge in [0.2, 0.25) is 15.9 Å².